The lowest BCUT2D eigenvalue weighted by Gasteiger charge is -2.18. The molecule has 25 heavy (non-hydrogen) atoms. The van der Waals surface area contributed by atoms with Gasteiger partial charge in [0.1, 0.15) is 0 Å². The predicted molar refractivity (Wildman–Crippen MR) is 103 cm³/mol. The molecular weight excluding hydrogens is 312 g/mol. The molecule has 3 heteroatoms. The zero-order valence-corrected chi connectivity index (χ0v) is 16.7. The summed E-state index contributed by atoms with van der Waals surface area (Å²) in [5.41, 5.74) is 0. The molecule has 0 bridgehead atoms. The minimum atomic E-state index is -0.327. The Labute approximate surface area is 155 Å². The molecule has 0 aromatic rings. The first-order valence-corrected chi connectivity index (χ1v) is 10.9. The van der Waals surface area contributed by atoms with Gasteiger partial charge in [-0.05, 0) is 12.3 Å². The summed E-state index contributed by atoms with van der Waals surface area (Å²) in [5.74, 6) is -0.190. The molecule has 0 saturated carbocycles. The SMILES string of the molecule is CCCCCCCCCCC(CCCCCC)CC1CC(=O)OC1=O. The summed E-state index contributed by atoms with van der Waals surface area (Å²) in [6, 6.07) is 0. The van der Waals surface area contributed by atoms with Gasteiger partial charge in [-0.3, -0.25) is 9.59 Å². The Balaban J connectivity index is 2.23. The summed E-state index contributed by atoms with van der Waals surface area (Å²) in [7, 11) is 0. The minimum Gasteiger partial charge on any atom is -0.393 e. The second-order valence-corrected chi connectivity index (χ2v) is 7.91. The van der Waals surface area contributed by atoms with Gasteiger partial charge in [-0.25, -0.2) is 0 Å². The van der Waals surface area contributed by atoms with Crippen LogP contribution in [0.2, 0.25) is 0 Å². The van der Waals surface area contributed by atoms with Gasteiger partial charge in [0, 0.05) is 0 Å². The van der Waals surface area contributed by atoms with Crippen LogP contribution in [0.25, 0.3) is 0 Å². The van der Waals surface area contributed by atoms with Crippen molar-refractivity contribution >= 4 is 11.9 Å². The van der Waals surface area contributed by atoms with Crippen LogP contribution in [0.3, 0.4) is 0 Å². The molecule has 1 heterocycles. The van der Waals surface area contributed by atoms with Gasteiger partial charge in [-0.15, -0.1) is 0 Å². The van der Waals surface area contributed by atoms with E-state index >= 15 is 0 Å². The Morgan fingerprint density at radius 2 is 1.28 bits per heavy atom. The van der Waals surface area contributed by atoms with Gasteiger partial charge in [0.2, 0.25) is 0 Å². The second-order valence-electron chi connectivity index (χ2n) is 7.91. The third kappa shape index (κ3) is 10.7. The number of hydrogen-bond acceptors (Lipinski definition) is 3. The van der Waals surface area contributed by atoms with Crippen LogP contribution >= 0.6 is 0 Å². The fraction of sp³-hybridized carbons (Fsp3) is 0.909. The Morgan fingerprint density at radius 1 is 0.800 bits per heavy atom. The lowest BCUT2D eigenvalue weighted by atomic mass is 9.85. The number of carbonyl (C=O) groups is 2. The standard InChI is InChI=1S/C22H40O3/c1-3-5-7-9-10-11-12-14-16-19(15-13-8-6-4-2)17-20-18-21(23)25-22(20)24/h19-20H,3-18H2,1-2H3. The first kappa shape index (κ1) is 22.2. The van der Waals surface area contributed by atoms with E-state index in [1.807, 2.05) is 0 Å². The highest BCUT2D eigenvalue weighted by Crippen LogP contribution is 2.30. The van der Waals surface area contributed by atoms with Gasteiger partial charge in [-0.2, -0.15) is 0 Å². The van der Waals surface area contributed by atoms with Gasteiger partial charge in [0.25, 0.3) is 0 Å². The maximum atomic E-state index is 11.8. The highest BCUT2D eigenvalue weighted by molar-refractivity contribution is 5.94. The van der Waals surface area contributed by atoms with Gasteiger partial charge in [0.15, 0.2) is 0 Å². The molecule has 0 amide bonds. The maximum Gasteiger partial charge on any atom is 0.317 e. The van der Waals surface area contributed by atoms with Crippen molar-refractivity contribution in [1.29, 1.82) is 0 Å². The Hall–Kier alpha value is -0.860. The van der Waals surface area contributed by atoms with E-state index in [0.717, 1.165) is 6.42 Å². The first-order valence-electron chi connectivity index (χ1n) is 10.9. The lowest BCUT2D eigenvalue weighted by Crippen LogP contribution is -2.14. The molecule has 1 fully saturated rings. The highest BCUT2D eigenvalue weighted by Gasteiger charge is 2.34. The van der Waals surface area contributed by atoms with Crippen molar-refractivity contribution in [2.24, 2.45) is 11.8 Å². The lowest BCUT2D eigenvalue weighted by molar-refractivity contribution is -0.153. The van der Waals surface area contributed by atoms with E-state index in [1.165, 1.54) is 89.9 Å². The van der Waals surface area contributed by atoms with Crippen molar-refractivity contribution in [2.45, 2.75) is 117 Å². The smallest absolute Gasteiger partial charge is 0.317 e. The van der Waals surface area contributed by atoms with E-state index in [2.05, 4.69) is 13.8 Å². The molecular formula is C22H40O3. The summed E-state index contributed by atoms with van der Waals surface area (Å²) in [6.45, 7) is 4.49. The minimum absolute atomic E-state index is 0.169. The molecule has 0 aliphatic carbocycles. The number of cyclic esters (lactones) is 2. The average molecular weight is 353 g/mol. The van der Waals surface area contributed by atoms with Gasteiger partial charge >= 0.3 is 11.9 Å². The Kier molecular flexibility index (Phi) is 12.7. The van der Waals surface area contributed by atoms with Crippen LogP contribution in [0.15, 0.2) is 0 Å². The molecule has 146 valence electrons. The van der Waals surface area contributed by atoms with Crippen molar-refractivity contribution in [3.63, 3.8) is 0 Å². The van der Waals surface area contributed by atoms with E-state index in [0.29, 0.717) is 12.3 Å². The highest BCUT2D eigenvalue weighted by atomic mass is 16.6. The fourth-order valence-corrected chi connectivity index (χ4v) is 3.91. The summed E-state index contributed by atoms with van der Waals surface area (Å²) >= 11 is 0. The molecule has 1 saturated heterocycles. The fourth-order valence-electron chi connectivity index (χ4n) is 3.91. The maximum absolute atomic E-state index is 11.8. The molecule has 1 aliphatic rings. The van der Waals surface area contributed by atoms with E-state index in [9.17, 15) is 9.59 Å². The summed E-state index contributed by atoms with van der Waals surface area (Å²) in [6.07, 6.45) is 19.4. The molecule has 0 spiro atoms. The molecule has 2 atom stereocenters. The number of hydrogen-bond donors (Lipinski definition) is 0. The number of ether oxygens (including phenoxy) is 1. The molecule has 0 N–H and O–H groups in total. The van der Waals surface area contributed by atoms with Gasteiger partial charge < -0.3 is 4.74 Å². The predicted octanol–water partition coefficient (Wildman–Crippen LogP) is 6.58. The van der Waals surface area contributed by atoms with Crippen LogP contribution in [0, 0.1) is 11.8 Å². The molecule has 3 nitrogen and oxygen atoms in total. The van der Waals surface area contributed by atoms with Crippen molar-refractivity contribution in [3.05, 3.63) is 0 Å². The molecule has 0 radical (unpaired) electrons. The van der Waals surface area contributed by atoms with Crippen LogP contribution in [0.4, 0.5) is 0 Å². The average Bonchev–Trinajstić information content (AvgIpc) is 2.91. The Bertz CT molecular complexity index is 364. The monoisotopic (exact) mass is 352 g/mol. The largest absolute Gasteiger partial charge is 0.393 e. The van der Waals surface area contributed by atoms with Crippen molar-refractivity contribution < 1.29 is 14.3 Å². The number of carbonyl (C=O) groups excluding carboxylic acids is 2. The van der Waals surface area contributed by atoms with Crippen molar-refractivity contribution in [2.75, 3.05) is 0 Å². The quantitative estimate of drug-likeness (QED) is 0.179. The number of rotatable bonds is 16. The Morgan fingerprint density at radius 3 is 1.76 bits per heavy atom. The third-order valence-corrected chi connectivity index (χ3v) is 5.51. The molecule has 0 aromatic carbocycles. The second kappa shape index (κ2) is 14.3. The third-order valence-electron chi connectivity index (χ3n) is 5.51. The summed E-state index contributed by atoms with van der Waals surface area (Å²) in [5, 5.41) is 0. The van der Waals surface area contributed by atoms with Crippen LogP contribution in [0.1, 0.15) is 117 Å². The molecule has 1 aliphatic heterocycles. The zero-order valence-electron chi connectivity index (χ0n) is 16.7. The van der Waals surface area contributed by atoms with E-state index in [4.69, 9.17) is 4.74 Å². The summed E-state index contributed by atoms with van der Waals surface area (Å²) < 4.78 is 4.73. The van der Waals surface area contributed by atoms with E-state index in [1.54, 1.807) is 0 Å². The number of esters is 2. The van der Waals surface area contributed by atoms with Crippen LogP contribution < -0.4 is 0 Å². The first-order chi connectivity index (χ1) is 12.2. The molecule has 1 rings (SSSR count). The zero-order chi connectivity index (χ0) is 18.3. The van der Waals surface area contributed by atoms with Gasteiger partial charge in [0.05, 0.1) is 12.3 Å². The van der Waals surface area contributed by atoms with Gasteiger partial charge in [-0.1, -0.05) is 104 Å². The summed E-state index contributed by atoms with van der Waals surface area (Å²) in [4.78, 5) is 23.1. The van der Waals surface area contributed by atoms with Crippen molar-refractivity contribution in [1.82, 2.24) is 0 Å². The van der Waals surface area contributed by atoms with Crippen LogP contribution in [0.5, 0.6) is 0 Å². The van der Waals surface area contributed by atoms with E-state index in [-0.39, 0.29) is 17.9 Å². The van der Waals surface area contributed by atoms with E-state index < -0.39 is 0 Å². The molecule has 2 unspecified atom stereocenters. The van der Waals surface area contributed by atoms with Crippen LogP contribution in [-0.4, -0.2) is 11.9 Å². The number of unbranched alkanes of at least 4 members (excludes halogenated alkanes) is 10. The topological polar surface area (TPSA) is 43.4 Å². The molecule has 0 aromatic heterocycles. The van der Waals surface area contributed by atoms with Crippen LogP contribution in [-0.2, 0) is 14.3 Å². The van der Waals surface area contributed by atoms with Crippen molar-refractivity contribution in [3.8, 4) is 0 Å². The normalized spacial score (nSPS) is 18.6.